The summed E-state index contributed by atoms with van der Waals surface area (Å²) in [6.45, 7) is 2.35. The fraction of sp³-hybridized carbons (Fsp3) is 0.300. The molecule has 0 radical (unpaired) electrons. The summed E-state index contributed by atoms with van der Waals surface area (Å²) in [5.41, 5.74) is 0.0831. The molecule has 0 unspecified atom stereocenters. The highest BCUT2D eigenvalue weighted by molar-refractivity contribution is 14.1. The van der Waals surface area contributed by atoms with E-state index in [1.807, 2.05) is 29.5 Å². The molecule has 0 heterocycles. The number of carboxylic acid groups (broad SMARTS) is 1. The maximum atomic E-state index is 10.7. The smallest absolute Gasteiger partial charge is 0.174 e. The van der Waals surface area contributed by atoms with E-state index in [0.717, 1.165) is 0 Å². The van der Waals surface area contributed by atoms with Crippen molar-refractivity contribution in [2.75, 3.05) is 13.7 Å². The largest absolute Gasteiger partial charge is 0.545 e. The highest BCUT2D eigenvalue weighted by atomic mass is 127. The number of methoxy groups -OCH3 is 1. The number of halogens is 1. The lowest BCUT2D eigenvalue weighted by Crippen LogP contribution is -2.22. The molecular weight excluding hydrogens is 311 g/mol. The molecule has 5 heteroatoms. The number of carbonyl (C=O) groups excluding carboxylic acids is 1. The Hall–Kier alpha value is -0.980. The molecule has 1 aromatic rings. The predicted octanol–water partition coefficient (Wildman–Crippen LogP) is 1.06. The van der Waals surface area contributed by atoms with Crippen LogP contribution in [0.4, 0.5) is 0 Å². The molecule has 1 rings (SSSR count). The van der Waals surface area contributed by atoms with Crippen molar-refractivity contribution in [1.29, 1.82) is 0 Å². The molecule has 0 N–H and O–H groups in total. The number of aromatic carboxylic acids is 1. The van der Waals surface area contributed by atoms with Gasteiger partial charge >= 0.3 is 0 Å². The number of benzene rings is 1. The first-order valence-corrected chi connectivity index (χ1v) is 5.39. The van der Waals surface area contributed by atoms with E-state index in [4.69, 9.17) is 9.47 Å². The van der Waals surface area contributed by atoms with Gasteiger partial charge in [0.25, 0.3) is 0 Å². The molecule has 0 aromatic heterocycles. The van der Waals surface area contributed by atoms with E-state index in [1.165, 1.54) is 19.2 Å². The molecule has 1 aromatic carbocycles. The van der Waals surface area contributed by atoms with Crippen LogP contribution in [0.15, 0.2) is 12.1 Å². The van der Waals surface area contributed by atoms with Crippen molar-refractivity contribution in [3.63, 3.8) is 0 Å². The third-order valence-electron chi connectivity index (χ3n) is 1.75. The minimum Gasteiger partial charge on any atom is -0.545 e. The van der Waals surface area contributed by atoms with E-state index in [9.17, 15) is 9.90 Å². The second-order valence-electron chi connectivity index (χ2n) is 2.71. The van der Waals surface area contributed by atoms with Gasteiger partial charge in [0.2, 0.25) is 0 Å². The SMILES string of the molecule is CCOc1c(I)cc(C(=O)[O-])cc1OC. The maximum Gasteiger partial charge on any atom is 0.174 e. The van der Waals surface area contributed by atoms with Crippen LogP contribution in [0.1, 0.15) is 17.3 Å². The summed E-state index contributed by atoms with van der Waals surface area (Å²) in [5, 5.41) is 10.7. The van der Waals surface area contributed by atoms with Gasteiger partial charge < -0.3 is 19.4 Å². The summed E-state index contributed by atoms with van der Waals surface area (Å²) in [7, 11) is 1.47. The van der Waals surface area contributed by atoms with E-state index >= 15 is 0 Å². The molecule has 0 aliphatic carbocycles. The first-order chi connectivity index (χ1) is 7.10. The van der Waals surface area contributed by atoms with E-state index < -0.39 is 5.97 Å². The molecular formula is C10H10IO4-. The summed E-state index contributed by atoms with van der Waals surface area (Å²) in [5.74, 6) is -0.261. The lowest BCUT2D eigenvalue weighted by atomic mass is 10.2. The van der Waals surface area contributed by atoms with Gasteiger partial charge in [-0.25, -0.2) is 0 Å². The Labute approximate surface area is 101 Å². The zero-order valence-electron chi connectivity index (χ0n) is 8.37. The van der Waals surface area contributed by atoms with Crippen molar-refractivity contribution in [2.45, 2.75) is 6.92 Å². The summed E-state index contributed by atoms with van der Waals surface area (Å²) >= 11 is 2.00. The van der Waals surface area contributed by atoms with Crippen LogP contribution in [0.2, 0.25) is 0 Å². The summed E-state index contributed by atoms with van der Waals surface area (Å²) in [4.78, 5) is 10.7. The Kier molecular flexibility index (Phi) is 4.19. The van der Waals surface area contributed by atoms with Crippen molar-refractivity contribution in [1.82, 2.24) is 0 Å². The van der Waals surface area contributed by atoms with E-state index in [2.05, 4.69) is 0 Å². The number of rotatable bonds is 4. The molecule has 4 nitrogen and oxygen atoms in total. The van der Waals surface area contributed by atoms with Gasteiger partial charge in [0.15, 0.2) is 11.5 Å². The number of carbonyl (C=O) groups is 1. The Morgan fingerprint density at radius 3 is 2.67 bits per heavy atom. The fourth-order valence-corrected chi connectivity index (χ4v) is 1.88. The first-order valence-electron chi connectivity index (χ1n) is 4.31. The van der Waals surface area contributed by atoms with E-state index in [1.54, 1.807) is 0 Å². The molecule has 0 atom stereocenters. The van der Waals surface area contributed by atoms with Gasteiger partial charge in [0.1, 0.15) is 0 Å². The number of ether oxygens (including phenoxy) is 2. The average Bonchev–Trinajstić information content (AvgIpc) is 2.20. The normalized spacial score (nSPS) is 9.80. The van der Waals surface area contributed by atoms with Gasteiger partial charge in [-0.1, -0.05) is 0 Å². The molecule has 0 fully saturated rings. The first kappa shape index (κ1) is 12.1. The number of hydrogen-bond donors (Lipinski definition) is 0. The molecule has 0 saturated carbocycles. The Morgan fingerprint density at radius 1 is 1.53 bits per heavy atom. The van der Waals surface area contributed by atoms with Gasteiger partial charge in [0.05, 0.1) is 23.3 Å². The lowest BCUT2D eigenvalue weighted by Gasteiger charge is -2.13. The Bertz CT molecular complexity index is 376. The quantitative estimate of drug-likeness (QED) is 0.778. The molecule has 82 valence electrons. The zero-order chi connectivity index (χ0) is 11.4. The standard InChI is InChI=1S/C10H11IO4/c1-3-15-9-7(11)4-6(10(12)13)5-8(9)14-2/h4-5H,3H2,1-2H3,(H,12,13)/p-1. The van der Waals surface area contributed by atoms with Crippen LogP contribution in [0.5, 0.6) is 11.5 Å². The minimum atomic E-state index is -1.23. The molecule has 0 spiro atoms. The van der Waals surface area contributed by atoms with E-state index in [0.29, 0.717) is 21.7 Å². The van der Waals surface area contributed by atoms with Crippen molar-refractivity contribution >= 4 is 28.6 Å². The van der Waals surface area contributed by atoms with Gasteiger partial charge in [-0.2, -0.15) is 0 Å². The Balaban J connectivity index is 3.24. The van der Waals surface area contributed by atoms with Gasteiger partial charge in [-0.15, -0.1) is 0 Å². The van der Waals surface area contributed by atoms with Gasteiger partial charge in [-0.3, -0.25) is 0 Å². The van der Waals surface area contributed by atoms with Crippen LogP contribution in [-0.4, -0.2) is 19.7 Å². The van der Waals surface area contributed by atoms with Crippen LogP contribution in [0, 0.1) is 3.57 Å². The highest BCUT2D eigenvalue weighted by Crippen LogP contribution is 2.33. The van der Waals surface area contributed by atoms with Crippen LogP contribution < -0.4 is 14.6 Å². The van der Waals surface area contributed by atoms with Crippen molar-refractivity contribution in [3.8, 4) is 11.5 Å². The highest BCUT2D eigenvalue weighted by Gasteiger charge is 2.11. The summed E-state index contributed by atoms with van der Waals surface area (Å²) in [6.07, 6.45) is 0. The van der Waals surface area contributed by atoms with Crippen molar-refractivity contribution < 1.29 is 19.4 Å². The second kappa shape index (κ2) is 5.20. The summed E-state index contributed by atoms with van der Waals surface area (Å²) < 4.78 is 11.1. The zero-order valence-corrected chi connectivity index (χ0v) is 10.5. The molecule has 0 bridgehead atoms. The summed E-state index contributed by atoms with van der Waals surface area (Å²) in [6, 6.07) is 2.88. The van der Waals surface area contributed by atoms with Crippen molar-refractivity contribution in [3.05, 3.63) is 21.3 Å². The number of hydrogen-bond acceptors (Lipinski definition) is 4. The monoisotopic (exact) mass is 321 g/mol. The fourth-order valence-electron chi connectivity index (χ4n) is 1.12. The van der Waals surface area contributed by atoms with Crippen LogP contribution in [0.3, 0.4) is 0 Å². The van der Waals surface area contributed by atoms with Crippen LogP contribution in [-0.2, 0) is 0 Å². The van der Waals surface area contributed by atoms with Gasteiger partial charge in [-0.05, 0) is 41.6 Å². The average molecular weight is 321 g/mol. The minimum absolute atomic E-state index is 0.0831. The van der Waals surface area contributed by atoms with Crippen LogP contribution in [0.25, 0.3) is 0 Å². The second-order valence-corrected chi connectivity index (χ2v) is 3.87. The molecule has 0 aliphatic heterocycles. The molecule has 0 aliphatic rings. The van der Waals surface area contributed by atoms with Crippen LogP contribution >= 0.6 is 22.6 Å². The predicted molar refractivity (Wildman–Crippen MR) is 61.2 cm³/mol. The molecule has 0 saturated heterocycles. The Morgan fingerprint density at radius 2 is 2.20 bits per heavy atom. The number of carboxylic acids is 1. The van der Waals surface area contributed by atoms with Gasteiger partial charge in [0, 0.05) is 5.56 Å². The third-order valence-corrected chi connectivity index (χ3v) is 2.56. The molecule has 0 amide bonds. The maximum absolute atomic E-state index is 10.7. The van der Waals surface area contributed by atoms with E-state index in [-0.39, 0.29) is 5.56 Å². The third kappa shape index (κ3) is 2.74. The molecule has 15 heavy (non-hydrogen) atoms. The lowest BCUT2D eigenvalue weighted by molar-refractivity contribution is -0.255. The van der Waals surface area contributed by atoms with Crippen molar-refractivity contribution in [2.24, 2.45) is 0 Å². The topological polar surface area (TPSA) is 58.6 Å².